The molecule has 0 aliphatic heterocycles. The lowest BCUT2D eigenvalue weighted by atomic mass is 10.00. The highest BCUT2D eigenvalue weighted by molar-refractivity contribution is 7.10. The van der Waals surface area contributed by atoms with E-state index in [1.54, 1.807) is 16.2 Å². The van der Waals surface area contributed by atoms with Gasteiger partial charge >= 0.3 is 0 Å². The number of aryl methyl sites for hydroxylation is 2. The smallest absolute Gasteiger partial charge is 0.248 e. The minimum absolute atomic E-state index is 0.0726. The van der Waals surface area contributed by atoms with Gasteiger partial charge in [0.05, 0.1) is 6.42 Å². The molecular formula is C27H30N2O2S. The summed E-state index contributed by atoms with van der Waals surface area (Å²) < 4.78 is 0. The summed E-state index contributed by atoms with van der Waals surface area (Å²) in [4.78, 5) is 30.2. The topological polar surface area (TPSA) is 49.4 Å². The van der Waals surface area contributed by atoms with Gasteiger partial charge in [0.15, 0.2) is 0 Å². The van der Waals surface area contributed by atoms with E-state index >= 15 is 0 Å². The number of amides is 2. The number of carbonyl (C=O) groups is 2. The predicted octanol–water partition coefficient (Wildman–Crippen LogP) is 5.74. The van der Waals surface area contributed by atoms with Gasteiger partial charge in [-0.15, -0.1) is 11.3 Å². The van der Waals surface area contributed by atoms with Crippen molar-refractivity contribution in [3.05, 3.63) is 87.6 Å². The third-order valence-electron chi connectivity index (χ3n) is 6.12. The highest BCUT2D eigenvalue weighted by Crippen LogP contribution is 2.33. The molecule has 2 aromatic carbocycles. The number of carbonyl (C=O) groups excluding carboxylic acids is 2. The summed E-state index contributed by atoms with van der Waals surface area (Å²) in [7, 11) is 0. The van der Waals surface area contributed by atoms with Crippen molar-refractivity contribution in [2.45, 2.75) is 58.0 Å². The zero-order chi connectivity index (χ0) is 22.5. The quantitative estimate of drug-likeness (QED) is 0.503. The van der Waals surface area contributed by atoms with E-state index in [1.165, 1.54) is 0 Å². The number of rotatable bonds is 7. The largest absolute Gasteiger partial charge is 0.351 e. The van der Waals surface area contributed by atoms with E-state index in [-0.39, 0.29) is 24.3 Å². The molecule has 1 aliphatic carbocycles. The second kappa shape index (κ2) is 10.1. The van der Waals surface area contributed by atoms with Crippen molar-refractivity contribution in [3.63, 3.8) is 0 Å². The van der Waals surface area contributed by atoms with Gasteiger partial charge < -0.3 is 5.32 Å². The van der Waals surface area contributed by atoms with E-state index in [0.29, 0.717) is 0 Å². The molecule has 1 atom stereocenters. The number of nitrogens with one attached hydrogen (secondary N) is 1. The summed E-state index contributed by atoms with van der Waals surface area (Å²) in [5.41, 5.74) is 3.65. The summed E-state index contributed by atoms with van der Waals surface area (Å²) >= 11 is 1.57. The molecule has 1 aliphatic rings. The minimum atomic E-state index is -0.718. The molecule has 1 heterocycles. The fraction of sp³-hybridized carbons (Fsp3) is 0.333. The first-order valence-electron chi connectivity index (χ1n) is 11.3. The van der Waals surface area contributed by atoms with Gasteiger partial charge in [0.1, 0.15) is 6.04 Å². The number of benzene rings is 2. The van der Waals surface area contributed by atoms with Gasteiger partial charge in [0.2, 0.25) is 11.8 Å². The molecule has 0 unspecified atom stereocenters. The Balaban J connectivity index is 1.78. The molecule has 0 spiro atoms. The van der Waals surface area contributed by atoms with Crippen molar-refractivity contribution >= 4 is 28.8 Å². The van der Waals surface area contributed by atoms with Crippen LogP contribution in [0.2, 0.25) is 0 Å². The third-order valence-corrected chi connectivity index (χ3v) is 7.00. The Morgan fingerprint density at radius 2 is 1.78 bits per heavy atom. The van der Waals surface area contributed by atoms with E-state index < -0.39 is 6.04 Å². The van der Waals surface area contributed by atoms with Gasteiger partial charge in [0.25, 0.3) is 0 Å². The molecule has 4 nitrogen and oxygen atoms in total. The number of nitrogens with zero attached hydrogens (tertiary/aromatic N) is 1. The Hall–Kier alpha value is -2.92. The zero-order valence-electron chi connectivity index (χ0n) is 18.7. The molecule has 0 radical (unpaired) electrons. The van der Waals surface area contributed by atoms with Crippen molar-refractivity contribution in [2.75, 3.05) is 4.90 Å². The maximum absolute atomic E-state index is 13.8. The normalized spacial score (nSPS) is 14.8. The van der Waals surface area contributed by atoms with E-state index in [4.69, 9.17) is 0 Å². The van der Waals surface area contributed by atoms with Crippen LogP contribution in [0.1, 0.15) is 53.3 Å². The molecule has 4 rings (SSSR count). The Bertz CT molecular complexity index is 1060. The van der Waals surface area contributed by atoms with Gasteiger partial charge in [0, 0.05) is 16.6 Å². The fourth-order valence-electron chi connectivity index (χ4n) is 4.45. The molecule has 0 bridgehead atoms. The summed E-state index contributed by atoms with van der Waals surface area (Å²) in [6, 6.07) is 19.1. The minimum Gasteiger partial charge on any atom is -0.351 e. The number of hydrogen-bond acceptors (Lipinski definition) is 3. The number of thiophene rings is 1. The van der Waals surface area contributed by atoms with Gasteiger partial charge in [-0.25, -0.2) is 0 Å². The van der Waals surface area contributed by atoms with Crippen molar-refractivity contribution < 1.29 is 9.59 Å². The van der Waals surface area contributed by atoms with Crippen molar-refractivity contribution in [1.82, 2.24) is 5.32 Å². The maximum Gasteiger partial charge on any atom is 0.248 e. The molecule has 5 heteroatoms. The average Bonchev–Trinajstić information content (AvgIpc) is 3.48. The van der Waals surface area contributed by atoms with Crippen LogP contribution in [0.15, 0.2) is 66.0 Å². The molecule has 1 saturated carbocycles. The summed E-state index contributed by atoms with van der Waals surface area (Å²) in [5, 5.41) is 5.22. The SMILES string of the molecule is Cc1ccc(C)c(N(C(=O)Cc2cccs2)[C@@H](C(=O)NC2CCCC2)c2ccccc2)c1. The second-order valence-corrected chi connectivity index (χ2v) is 9.65. The van der Waals surface area contributed by atoms with Crippen LogP contribution >= 0.6 is 11.3 Å². The Morgan fingerprint density at radius 1 is 1.03 bits per heavy atom. The van der Waals surface area contributed by atoms with Crippen LogP contribution in [-0.4, -0.2) is 17.9 Å². The summed E-state index contributed by atoms with van der Waals surface area (Å²) in [5.74, 6) is -0.180. The van der Waals surface area contributed by atoms with Gasteiger partial charge in [-0.3, -0.25) is 14.5 Å². The van der Waals surface area contributed by atoms with Crippen LogP contribution in [0.4, 0.5) is 5.69 Å². The van der Waals surface area contributed by atoms with E-state index in [0.717, 1.165) is 52.9 Å². The van der Waals surface area contributed by atoms with E-state index in [9.17, 15) is 9.59 Å². The molecule has 166 valence electrons. The van der Waals surface area contributed by atoms with Crippen LogP contribution in [0, 0.1) is 13.8 Å². The second-order valence-electron chi connectivity index (χ2n) is 8.61. The van der Waals surface area contributed by atoms with Crippen LogP contribution in [0.25, 0.3) is 0 Å². The molecule has 1 aromatic heterocycles. The lowest BCUT2D eigenvalue weighted by Crippen LogP contribution is -2.47. The molecule has 0 saturated heterocycles. The van der Waals surface area contributed by atoms with Crippen molar-refractivity contribution in [2.24, 2.45) is 0 Å². The van der Waals surface area contributed by atoms with Crippen molar-refractivity contribution in [3.8, 4) is 0 Å². The maximum atomic E-state index is 13.8. The molecule has 1 fully saturated rings. The Kier molecular flexibility index (Phi) is 7.05. The van der Waals surface area contributed by atoms with Crippen LogP contribution in [0.5, 0.6) is 0 Å². The lowest BCUT2D eigenvalue weighted by molar-refractivity contribution is -0.127. The van der Waals surface area contributed by atoms with Gasteiger partial charge in [-0.2, -0.15) is 0 Å². The summed E-state index contributed by atoms with van der Waals surface area (Å²) in [6.07, 6.45) is 4.54. The molecule has 3 aromatic rings. The lowest BCUT2D eigenvalue weighted by Gasteiger charge is -2.33. The number of hydrogen-bond donors (Lipinski definition) is 1. The standard InChI is InChI=1S/C27H30N2O2S/c1-19-14-15-20(2)24(17-19)29(25(30)18-23-13-8-16-32-23)26(21-9-4-3-5-10-21)27(31)28-22-11-6-7-12-22/h3-5,8-10,13-17,22,26H,6-7,11-12,18H2,1-2H3,(H,28,31)/t26-/m1/s1. The number of anilines is 1. The molecule has 32 heavy (non-hydrogen) atoms. The first-order valence-corrected chi connectivity index (χ1v) is 12.2. The highest BCUT2D eigenvalue weighted by Gasteiger charge is 2.35. The average molecular weight is 447 g/mol. The van der Waals surface area contributed by atoms with Gasteiger partial charge in [-0.05, 0) is 60.9 Å². The van der Waals surface area contributed by atoms with E-state index in [1.807, 2.05) is 79.9 Å². The summed E-state index contributed by atoms with van der Waals surface area (Å²) in [6.45, 7) is 4.01. The monoisotopic (exact) mass is 446 g/mol. The first kappa shape index (κ1) is 22.3. The first-order chi connectivity index (χ1) is 15.5. The third kappa shape index (κ3) is 5.10. The van der Waals surface area contributed by atoms with Crippen LogP contribution < -0.4 is 10.2 Å². The van der Waals surface area contributed by atoms with Crippen LogP contribution in [0.3, 0.4) is 0 Å². The Labute approximate surface area is 194 Å². The van der Waals surface area contributed by atoms with Crippen LogP contribution in [-0.2, 0) is 16.0 Å². The molecule has 2 amide bonds. The van der Waals surface area contributed by atoms with Crippen molar-refractivity contribution in [1.29, 1.82) is 0 Å². The molecule has 1 N–H and O–H groups in total. The van der Waals surface area contributed by atoms with Gasteiger partial charge in [-0.1, -0.05) is 61.4 Å². The Morgan fingerprint density at radius 3 is 2.47 bits per heavy atom. The fourth-order valence-corrected chi connectivity index (χ4v) is 5.14. The van der Waals surface area contributed by atoms with E-state index in [2.05, 4.69) is 5.32 Å². The highest BCUT2D eigenvalue weighted by atomic mass is 32.1. The predicted molar refractivity (Wildman–Crippen MR) is 131 cm³/mol. The zero-order valence-corrected chi connectivity index (χ0v) is 19.5. The molecular weight excluding hydrogens is 416 g/mol.